The predicted octanol–water partition coefficient (Wildman–Crippen LogP) is 2.75. The lowest BCUT2D eigenvalue weighted by Crippen LogP contribution is -2.16. The van der Waals surface area contributed by atoms with Crippen LogP contribution in [0.25, 0.3) is 11.5 Å². The average Bonchev–Trinajstić information content (AvgIpc) is 2.92. The predicted molar refractivity (Wildman–Crippen MR) is 79.0 cm³/mol. The molecule has 19 heavy (non-hydrogen) atoms. The third kappa shape index (κ3) is 4.54. The number of nitrogens with one attached hydrogen (secondary N) is 1. The van der Waals surface area contributed by atoms with Crippen LogP contribution in [-0.4, -0.2) is 28.2 Å². The molecule has 0 unspecified atom stereocenters. The highest BCUT2D eigenvalue weighted by Gasteiger charge is 2.07. The molecule has 1 aromatic carbocycles. The van der Waals surface area contributed by atoms with Gasteiger partial charge >= 0.3 is 0 Å². The van der Waals surface area contributed by atoms with Gasteiger partial charge in [0.2, 0.25) is 11.8 Å². The molecule has 1 aromatic heterocycles. The maximum absolute atomic E-state index is 5.59. The van der Waals surface area contributed by atoms with Gasteiger partial charge in [-0.15, -0.1) is 16.8 Å². The topological polar surface area (TPSA) is 51.0 Å². The molecule has 1 N–H and O–H groups in total. The van der Waals surface area contributed by atoms with E-state index >= 15 is 0 Å². The van der Waals surface area contributed by atoms with Crippen molar-refractivity contribution in [2.45, 2.75) is 6.54 Å². The Morgan fingerprint density at radius 1 is 1.26 bits per heavy atom. The van der Waals surface area contributed by atoms with E-state index in [1.54, 1.807) is 0 Å². The zero-order chi connectivity index (χ0) is 13.3. The quantitative estimate of drug-likeness (QED) is 0.593. The Hall–Kier alpha value is -1.59. The van der Waals surface area contributed by atoms with Crippen molar-refractivity contribution < 1.29 is 4.42 Å². The molecule has 0 saturated heterocycles. The van der Waals surface area contributed by atoms with Crippen molar-refractivity contribution in [1.29, 1.82) is 0 Å². The number of nitrogens with zero attached hydrogens (tertiary/aromatic N) is 2. The van der Waals surface area contributed by atoms with Crippen LogP contribution in [0.3, 0.4) is 0 Å². The van der Waals surface area contributed by atoms with Gasteiger partial charge in [0.1, 0.15) is 0 Å². The van der Waals surface area contributed by atoms with Crippen LogP contribution in [0.1, 0.15) is 5.89 Å². The summed E-state index contributed by atoms with van der Waals surface area (Å²) in [4.78, 5) is 0. The first kappa shape index (κ1) is 13.8. The van der Waals surface area contributed by atoms with Crippen molar-refractivity contribution in [2.75, 3.05) is 18.1 Å². The van der Waals surface area contributed by atoms with E-state index in [-0.39, 0.29) is 0 Å². The maximum atomic E-state index is 5.59. The molecule has 0 aliphatic carbocycles. The molecular weight excluding hydrogens is 258 g/mol. The molecule has 100 valence electrons. The number of hydrogen-bond donors (Lipinski definition) is 1. The Morgan fingerprint density at radius 3 is 2.89 bits per heavy atom. The average molecular weight is 275 g/mol. The minimum Gasteiger partial charge on any atom is -0.419 e. The van der Waals surface area contributed by atoms with Gasteiger partial charge in [-0.3, -0.25) is 0 Å². The van der Waals surface area contributed by atoms with Gasteiger partial charge in [-0.1, -0.05) is 24.3 Å². The van der Waals surface area contributed by atoms with Gasteiger partial charge in [0.25, 0.3) is 0 Å². The van der Waals surface area contributed by atoms with Gasteiger partial charge < -0.3 is 9.73 Å². The second-order valence-electron chi connectivity index (χ2n) is 3.91. The summed E-state index contributed by atoms with van der Waals surface area (Å²) in [6.07, 6.45) is 1.91. The van der Waals surface area contributed by atoms with E-state index in [4.69, 9.17) is 4.42 Å². The third-order valence-electron chi connectivity index (χ3n) is 2.42. The van der Waals surface area contributed by atoms with Crippen molar-refractivity contribution in [3.63, 3.8) is 0 Å². The first-order valence-corrected chi connectivity index (χ1v) is 7.33. The molecule has 2 aromatic rings. The number of benzene rings is 1. The van der Waals surface area contributed by atoms with Crippen molar-refractivity contribution >= 4 is 11.8 Å². The van der Waals surface area contributed by atoms with Crippen LogP contribution in [0.15, 0.2) is 47.4 Å². The van der Waals surface area contributed by atoms with E-state index in [0.717, 1.165) is 23.6 Å². The number of thioether (sulfide) groups is 1. The van der Waals surface area contributed by atoms with E-state index in [1.165, 1.54) is 0 Å². The van der Waals surface area contributed by atoms with Crippen molar-refractivity contribution in [2.24, 2.45) is 0 Å². The van der Waals surface area contributed by atoms with Crippen molar-refractivity contribution in [1.82, 2.24) is 15.5 Å². The van der Waals surface area contributed by atoms with Gasteiger partial charge in [-0.25, -0.2) is 0 Å². The highest BCUT2D eigenvalue weighted by molar-refractivity contribution is 7.99. The lowest BCUT2D eigenvalue weighted by atomic mass is 10.2. The minimum absolute atomic E-state index is 0.568. The Morgan fingerprint density at radius 2 is 2.11 bits per heavy atom. The largest absolute Gasteiger partial charge is 0.419 e. The lowest BCUT2D eigenvalue weighted by molar-refractivity contribution is 0.482. The van der Waals surface area contributed by atoms with Crippen LogP contribution >= 0.6 is 11.8 Å². The SMILES string of the molecule is C=CCSCCNCc1nnc(-c2ccccc2)o1. The fourth-order valence-corrected chi connectivity index (χ4v) is 2.15. The first-order chi connectivity index (χ1) is 9.40. The lowest BCUT2D eigenvalue weighted by Gasteiger charge is -2.00. The summed E-state index contributed by atoms with van der Waals surface area (Å²) < 4.78 is 5.59. The summed E-state index contributed by atoms with van der Waals surface area (Å²) in [5, 5.41) is 11.3. The van der Waals surface area contributed by atoms with E-state index in [1.807, 2.05) is 48.2 Å². The molecule has 0 atom stereocenters. The molecule has 0 amide bonds. The molecule has 0 aliphatic heterocycles. The van der Waals surface area contributed by atoms with Gasteiger partial charge in [-0.2, -0.15) is 11.8 Å². The standard InChI is InChI=1S/C14H17N3OS/c1-2-9-19-10-8-15-11-13-16-17-14(18-13)12-6-4-3-5-7-12/h2-7,15H,1,8-11H2. The fraction of sp³-hybridized carbons (Fsp3) is 0.286. The van der Waals surface area contributed by atoms with Crippen molar-refractivity contribution in [3.8, 4) is 11.5 Å². The second kappa shape index (κ2) is 7.76. The van der Waals surface area contributed by atoms with E-state index in [0.29, 0.717) is 18.3 Å². The molecule has 0 aliphatic rings. The van der Waals surface area contributed by atoms with Crippen LogP contribution < -0.4 is 5.32 Å². The molecule has 0 bridgehead atoms. The molecule has 0 spiro atoms. The highest BCUT2D eigenvalue weighted by Crippen LogP contribution is 2.16. The summed E-state index contributed by atoms with van der Waals surface area (Å²) >= 11 is 1.84. The third-order valence-corrected chi connectivity index (χ3v) is 3.39. The molecule has 0 saturated carbocycles. The minimum atomic E-state index is 0.568. The molecule has 4 nitrogen and oxygen atoms in total. The van der Waals surface area contributed by atoms with Crippen LogP contribution in [0.2, 0.25) is 0 Å². The number of rotatable bonds is 8. The normalized spacial score (nSPS) is 10.5. The zero-order valence-electron chi connectivity index (χ0n) is 10.7. The Kier molecular flexibility index (Phi) is 5.65. The molecular formula is C14H17N3OS. The summed E-state index contributed by atoms with van der Waals surface area (Å²) in [6, 6.07) is 9.78. The molecule has 0 radical (unpaired) electrons. The van der Waals surface area contributed by atoms with Crippen LogP contribution in [-0.2, 0) is 6.54 Å². The maximum Gasteiger partial charge on any atom is 0.247 e. The van der Waals surface area contributed by atoms with Crippen LogP contribution in [0.5, 0.6) is 0 Å². The Bertz CT molecular complexity index is 498. The zero-order valence-corrected chi connectivity index (χ0v) is 11.5. The monoisotopic (exact) mass is 275 g/mol. The molecule has 5 heteroatoms. The van der Waals surface area contributed by atoms with Gasteiger partial charge in [0, 0.05) is 23.6 Å². The Balaban J connectivity index is 1.77. The first-order valence-electron chi connectivity index (χ1n) is 6.17. The molecule has 1 heterocycles. The summed E-state index contributed by atoms with van der Waals surface area (Å²) in [5.41, 5.74) is 0.947. The highest BCUT2D eigenvalue weighted by atomic mass is 32.2. The van der Waals surface area contributed by atoms with Crippen LogP contribution in [0.4, 0.5) is 0 Å². The van der Waals surface area contributed by atoms with Gasteiger partial charge in [0.15, 0.2) is 0 Å². The summed E-state index contributed by atoms with van der Waals surface area (Å²) in [7, 11) is 0. The number of hydrogen-bond acceptors (Lipinski definition) is 5. The van der Waals surface area contributed by atoms with E-state index < -0.39 is 0 Å². The number of aromatic nitrogens is 2. The summed E-state index contributed by atoms with van der Waals surface area (Å²) in [6.45, 7) is 5.21. The smallest absolute Gasteiger partial charge is 0.247 e. The Labute approximate surface area is 117 Å². The van der Waals surface area contributed by atoms with Crippen LogP contribution in [0, 0.1) is 0 Å². The molecule has 0 fully saturated rings. The summed E-state index contributed by atoms with van der Waals surface area (Å²) in [5.74, 6) is 3.22. The van der Waals surface area contributed by atoms with E-state index in [9.17, 15) is 0 Å². The van der Waals surface area contributed by atoms with E-state index in [2.05, 4.69) is 22.1 Å². The van der Waals surface area contributed by atoms with Gasteiger partial charge in [-0.05, 0) is 12.1 Å². The van der Waals surface area contributed by atoms with Gasteiger partial charge in [0.05, 0.1) is 6.54 Å². The second-order valence-corrected chi connectivity index (χ2v) is 5.06. The molecule has 2 rings (SSSR count). The fourth-order valence-electron chi connectivity index (χ4n) is 1.53. The van der Waals surface area contributed by atoms with Crippen molar-refractivity contribution in [3.05, 3.63) is 48.9 Å².